The maximum absolute atomic E-state index is 12.9. The Morgan fingerprint density at radius 3 is 1.97 bits per heavy atom. The smallest absolute Gasteiger partial charge is 0.366 e. The molecule has 2 aromatic carbocycles. The Kier molecular flexibility index (Phi) is 4.93. The van der Waals surface area contributed by atoms with Crippen molar-refractivity contribution in [2.45, 2.75) is 6.18 Å². The maximum atomic E-state index is 12.9. The SMILES string of the molecule is O=C1c2ccccc2C(=O)N1c1cc(Cl)ccc1N1CCN(C(=O)C(F)(F)F)CC1. The van der Waals surface area contributed by atoms with Gasteiger partial charge in [0.1, 0.15) is 0 Å². The minimum Gasteiger partial charge on any atom is -0.366 e. The van der Waals surface area contributed by atoms with Crippen LogP contribution in [0.2, 0.25) is 5.02 Å². The third-order valence-corrected chi connectivity index (χ3v) is 5.36. The summed E-state index contributed by atoms with van der Waals surface area (Å²) in [6.45, 7) is -0.0513. The molecule has 0 aliphatic carbocycles. The van der Waals surface area contributed by atoms with E-state index in [0.29, 0.717) is 10.7 Å². The molecule has 2 aliphatic rings. The third kappa shape index (κ3) is 3.39. The van der Waals surface area contributed by atoms with Crippen molar-refractivity contribution in [3.05, 3.63) is 58.6 Å². The van der Waals surface area contributed by atoms with Gasteiger partial charge in [0.15, 0.2) is 0 Å². The van der Waals surface area contributed by atoms with Crippen molar-refractivity contribution in [3.8, 4) is 0 Å². The maximum Gasteiger partial charge on any atom is 0.471 e. The molecule has 0 atom stereocenters. The molecule has 2 aliphatic heterocycles. The monoisotopic (exact) mass is 437 g/mol. The Balaban J connectivity index is 1.63. The lowest BCUT2D eigenvalue weighted by atomic mass is 10.1. The molecule has 30 heavy (non-hydrogen) atoms. The molecule has 0 spiro atoms. The van der Waals surface area contributed by atoms with E-state index in [-0.39, 0.29) is 43.0 Å². The highest BCUT2D eigenvalue weighted by Crippen LogP contribution is 2.37. The van der Waals surface area contributed by atoms with Crippen LogP contribution in [0.1, 0.15) is 20.7 Å². The number of benzene rings is 2. The molecular formula is C20H15ClF3N3O3. The molecule has 0 bridgehead atoms. The number of halogens is 4. The van der Waals surface area contributed by atoms with Crippen molar-refractivity contribution in [2.24, 2.45) is 0 Å². The van der Waals surface area contributed by atoms with Crippen LogP contribution in [0, 0.1) is 0 Å². The summed E-state index contributed by atoms with van der Waals surface area (Å²) in [6.07, 6.45) is -4.92. The van der Waals surface area contributed by atoms with E-state index in [0.717, 1.165) is 9.80 Å². The Labute approximate surface area is 174 Å². The fraction of sp³-hybridized carbons (Fsp3) is 0.250. The fourth-order valence-corrected chi connectivity index (χ4v) is 3.85. The number of fused-ring (bicyclic) bond motifs is 1. The number of carbonyl (C=O) groups is 3. The average molecular weight is 438 g/mol. The van der Waals surface area contributed by atoms with Crippen LogP contribution < -0.4 is 9.80 Å². The van der Waals surface area contributed by atoms with E-state index in [4.69, 9.17) is 11.6 Å². The van der Waals surface area contributed by atoms with Gasteiger partial charge in [0, 0.05) is 31.2 Å². The van der Waals surface area contributed by atoms with Crippen LogP contribution in [-0.4, -0.2) is 55.0 Å². The lowest BCUT2D eigenvalue weighted by Crippen LogP contribution is -2.52. The molecule has 0 aromatic heterocycles. The second-order valence-electron chi connectivity index (χ2n) is 6.90. The molecule has 10 heteroatoms. The number of hydrogen-bond acceptors (Lipinski definition) is 4. The van der Waals surface area contributed by atoms with Crippen LogP contribution in [-0.2, 0) is 4.79 Å². The molecule has 0 N–H and O–H groups in total. The van der Waals surface area contributed by atoms with E-state index in [1.165, 1.54) is 6.07 Å². The number of imide groups is 1. The van der Waals surface area contributed by atoms with E-state index in [1.54, 1.807) is 41.3 Å². The van der Waals surface area contributed by atoms with Crippen molar-refractivity contribution in [3.63, 3.8) is 0 Å². The van der Waals surface area contributed by atoms with Gasteiger partial charge < -0.3 is 9.80 Å². The number of nitrogens with zero attached hydrogens (tertiary/aromatic N) is 3. The van der Waals surface area contributed by atoms with Crippen LogP contribution in [0.3, 0.4) is 0 Å². The second-order valence-corrected chi connectivity index (χ2v) is 7.34. The lowest BCUT2D eigenvalue weighted by Gasteiger charge is -2.37. The minimum atomic E-state index is -4.92. The molecular weight excluding hydrogens is 423 g/mol. The molecule has 3 amide bonds. The first kappa shape index (κ1) is 20.2. The summed E-state index contributed by atoms with van der Waals surface area (Å²) in [6, 6.07) is 11.1. The number of carbonyl (C=O) groups excluding carboxylic acids is 3. The van der Waals surface area contributed by atoms with Crippen molar-refractivity contribution in [1.29, 1.82) is 0 Å². The van der Waals surface area contributed by atoms with Crippen LogP contribution in [0.5, 0.6) is 0 Å². The zero-order chi connectivity index (χ0) is 21.6. The largest absolute Gasteiger partial charge is 0.471 e. The average Bonchev–Trinajstić information content (AvgIpc) is 2.97. The van der Waals surface area contributed by atoms with Gasteiger partial charge in [-0.2, -0.15) is 13.2 Å². The van der Waals surface area contributed by atoms with Crippen molar-refractivity contribution in [2.75, 3.05) is 36.0 Å². The standard InChI is InChI=1S/C20H15ClF3N3O3/c21-12-5-6-15(25-7-9-26(10-8-25)19(30)20(22,23)24)16(11-12)27-17(28)13-3-1-2-4-14(13)18(27)29/h1-6,11H,7-10H2. The topological polar surface area (TPSA) is 60.9 Å². The Morgan fingerprint density at radius 2 is 1.43 bits per heavy atom. The Bertz CT molecular complexity index is 1010. The summed E-state index contributed by atoms with van der Waals surface area (Å²) in [5, 5.41) is 0.302. The third-order valence-electron chi connectivity index (χ3n) is 5.12. The second kappa shape index (κ2) is 7.32. The van der Waals surface area contributed by atoms with Gasteiger partial charge in [0.2, 0.25) is 0 Å². The number of anilines is 2. The van der Waals surface area contributed by atoms with Gasteiger partial charge in [-0.3, -0.25) is 14.4 Å². The normalized spacial score (nSPS) is 16.9. The lowest BCUT2D eigenvalue weighted by molar-refractivity contribution is -0.185. The summed E-state index contributed by atoms with van der Waals surface area (Å²) >= 11 is 6.11. The molecule has 0 unspecified atom stereocenters. The zero-order valence-electron chi connectivity index (χ0n) is 15.4. The van der Waals surface area contributed by atoms with Gasteiger partial charge in [0.05, 0.1) is 22.5 Å². The predicted octanol–water partition coefficient (Wildman–Crippen LogP) is 3.35. The summed E-state index contributed by atoms with van der Waals surface area (Å²) in [4.78, 5) is 40.7. The molecule has 1 saturated heterocycles. The van der Waals surface area contributed by atoms with Crippen LogP contribution in [0.15, 0.2) is 42.5 Å². The summed E-state index contributed by atoms with van der Waals surface area (Å²) in [7, 11) is 0. The number of amides is 3. The van der Waals surface area contributed by atoms with Crippen LogP contribution in [0.4, 0.5) is 24.5 Å². The van der Waals surface area contributed by atoms with Crippen molar-refractivity contribution < 1.29 is 27.6 Å². The van der Waals surface area contributed by atoms with E-state index in [1.807, 2.05) is 0 Å². The first-order valence-electron chi connectivity index (χ1n) is 9.07. The van der Waals surface area contributed by atoms with Gasteiger partial charge in [-0.1, -0.05) is 23.7 Å². The number of piperazine rings is 1. The van der Waals surface area contributed by atoms with Gasteiger partial charge in [-0.05, 0) is 30.3 Å². The van der Waals surface area contributed by atoms with Crippen LogP contribution >= 0.6 is 11.6 Å². The molecule has 156 valence electrons. The first-order chi connectivity index (χ1) is 14.2. The molecule has 2 aromatic rings. The molecule has 0 saturated carbocycles. The van der Waals surface area contributed by atoms with Crippen LogP contribution in [0.25, 0.3) is 0 Å². The van der Waals surface area contributed by atoms with E-state index < -0.39 is 23.9 Å². The zero-order valence-corrected chi connectivity index (χ0v) is 16.2. The molecule has 0 radical (unpaired) electrons. The Hall–Kier alpha value is -3.07. The van der Waals surface area contributed by atoms with E-state index in [9.17, 15) is 27.6 Å². The van der Waals surface area contributed by atoms with Gasteiger partial charge >= 0.3 is 12.1 Å². The summed E-state index contributed by atoms with van der Waals surface area (Å²) < 4.78 is 38.0. The minimum absolute atomic E-state index is 0.111. The fourth-order valence-electron chi connectivity index (χ4n) is 3.68. The highest BCUT2D eigenvalue weighted by molar-refractivity contribution is 6.36. The van der Waals surface area contributed by atoms with Crippen molar-refractivity contribution >= 4 is 40.7 Å². The number of alkyl halides is 3. The molecule has 2 heterocycles. The Morgan fingerprint density at radius 1 is 0.867 bits per heavy atom. The highest BCUT2D eigenvalue weighted by Gasteiger charge is 2.43. The summed E-state index contributed by atoms with van der Waals surface area (Å²) in [5.41, 5.74) is 1.28. The molecule has 4 rings (SSSR count). The quantitative estimate of drug-likeness (QED) is 0.676. The van der Waals surface area contributed by atoms with E-state index in [2.05, 4.69) is 0 Å². The molecule has 6 nitrogen and oxygen atoms in total. The van der Waals surface area contributed by atoms with Gasteiger partial charge in [0.25, 0.3) is 11.8 Å². The van der Waals surface area contributed by atoms with Gasteiger partial charge in [-0.25, -0.2) is 4.90 Å². The molecule has 1 fully saturated rings. The van der Waals surface area contributed by atoms with E-state index >= 15 is 0 Å². The van der Waals surface area contributed by atoms with Crippen molar-refractivity contribution in [1.82, 2.24) is 4.90 Å². The van der Waals surface area contributed by atoms with Gasteiger partial charge in [-0.15, -0.1) is 0 Å². The number of rotatable bonds is 2. The predicted molar refractivity (Wildman–Crippen MR) is 104 cm³/mol. The first-order valence-corrected chi connectivity index (χ1v) is 9.44. The highest BCUT2D eigenvalue weighted by atomic mass is 35.5. The number of hydrogen-bond donors (Lipinski definition) is 0. The summed E-state index contributed by atoms with van der Waals surface area (Å²) in [5.74, 6) is -2.87.